The van der Waals surface area contributed by atoms with E-state index in [-0.39, 0.29) is 17.5 Å². The van der Waals surface area contributed by atoms with Crippen LogP contribution in [0.1, 0.15) is 28.8 Å². The van der Waals surface area contributed by atoms with Crippen molar-refractivity contribution in [3.05, 3.63) is 65.5 Å². The summed E-state index contributed by atoms with van der Waals surface area (Å²) in [6.45, 7) is 3.05. The van der Waals surface area contributed by atoms with Gasteiger partial charge in [-0.05, 0) is 54.8 Å². The fourth-order valence-electron chi connectivity index (χ4n) is 3.48. The number of nitrogens with zero attached hydrogens (tertiary/aromatic N) is 2. The molecule has 1 aliphatic heterocycles. The van der Waals surface area contributed by atoms with Crippen LogP contribution in [-0.2, 0) is 11.2 Å². The molecular formula is C23H27FN2O3. The highest BCUT2D eigenvalue weighted by atomic mass is 19.1. The van der Waals surface area contributed by atoms with Crippen LogP contribution in [0.2, 0.25) is 0 Å². The largest absolute Gasteiger partial charge is 0.497 e. The zero-order chi connectivity index (χ0) is 20.6. The van der Waals surface area contributed by atoms with Crippen LogP contribution in [-0.4, -0.2) is 61.3 Å². The van der Waals surface area contributed by atoms with Gasteiger partial charge in [0.15, 0.2) is 5.78 Å². The lowest BCUT2D eigenvalue weighted by atomic mass is 10.1. The van der Waals surface area contributed by atoms with Crippen LogP contribution in [0.25, 0.3) is 0 Å². The first kappa shape index (κ1) is 21.0. The Hall–Kier alpha value is -2.73. The van der Waals surface area contributed by atoms with E-state index in [2.05, 4.69) is 4.90 Å². The molecule has 0 saturated carbocycles. The molecule has 154 valence electrons. The zero-order valence-corrected chi connectivity index (χ0v) is 16.8. The SMILES string of the molecule is COc1ccc(C(=O)CN2CCN(C(=O)CCCc3ccc(F)cc3)CC2)cc1. The molecule has 0 spiro atoms. The molecule has 0 aromatic heterocycles. The Morgan fingerprint density at radius 2 is 1.62 bits per heavy atom. The van der Waals surface area contributed by atoms with Gasteiger partial charge in [-0.1, -0.05) is 12.1 Å². The molecule has 3 rings (SSSR count). The minimum Gasteiger partial charge on any atom is -0.497 e. The number of carbonyl (C=O) groups excluding carboxylic acids is 2. The lowest BCUT2D eigenvalue weighted by Crippen LogP contribution is -2.49. The molecule has 2 aromatic rings. The van der Waals surface area contributed by atoms with Gasteiger partial charge in [-0.15, -0.1) is 0 Å². The third-order valence-electron chi connectivity index (χ3n) is 5.27. The first-order chi connectivity index (χ1) is 14.0. The Morgan fingerprint density at radius 1 is 0.966 bits per heavy atom. The summed E-state index contributed by atoms with van der Waals surface area (Å²) in [7, 11) is 1.60. The van der Waals surface area contributed by atoms with E-state index in [4.69, 9.17) is 4.74 Å². The molecule has 0 radical (unpaired) electrons. The molecule has 6 heteroatoms. The third kappa shape index (κ3) is 6.12. The van der Waals surface area contributed by atoms with Crippen LogP contribution in [0.15, 0.2) is 48.5 Å². The lowest BCUT2D eigenvalue weighted by molar-refractivity contribution is -0.132. The standard InChI is InChI=1S/C23H27FN2O3/c1-29-21-11-7-19(8-12-21)22(27)17-25-13-15-26(16-14-25)23(28)4-2-3-18-5-9-20(24)10-6-18/h5-12H,2-4,13-17H2,1H3. The predicted octanol–water partition coefficient (Wildman–Crippen LogP) is 3.18. The van der Waals surface area contributed by atoms with Crippen molar-refractivity contribution in [1.29, 1.82) is 0 Å². The fraction of sp³-hybridized carbons (Fsp3) is 0.391. The molecule has 0 N–H and O–H groups in total. The number of halogens is 1. The van der Waals surface area contributed by atoms with Crippen molar-refractivity contribution in [2.75, 3.05) is 39.8 Å². The molecule has 0 aliphatic carbocycles. The number of benzene rings is 2. The van der Waals surface area contributed by atoms with E-state index in [1.54, 1.807) is 43.5 Å². The highest BCUT2D eigenvalue weighted by Gasteiger charge is 2.22. The molecule has 1 fully saturated rings. The van der Waals surface area contributed by atoms with Crippen LogP contribution >= 0.6 is 0 Å². The monoisotopic (exact) mass is 398 g/mol. The number of hydrogen-bond donors (Lipinski definition) is 0. The molecular weight excluding hydrogens is 371 g/mol. The first-order valence-electron chi connectivity index (χ1n) is 9.97. The Labute approximate surface area is 171 Å². The van der Waals surface area contributed by atoms with Gasteiger partial charge in [0.25, 0.3) is 0 Å². The summed E-state index contributed by atoms with van der Waals surface area (Å²) < 4.78 is 18.0. The molecule has 0 atom stereocenters. The second-order valence-corrected chi connectivity index (χ2v) is 7.29. The van der Waals surface area contributed by atoms with E-state index in [9.17, 15) is 14.0 Å². The Balaban J connectivity index is 1.38. The fourth-order valence-corrected chi connectivity index (χ4v) is 3.48. The van der Waals surface area contributed by atoms with Gasteiger partial charge in [-0.25, -0.2) is 4.39 Å². The summed E-state index contributed by atoms with van der Waals surface area (Å²) in [5, 5.41) is 0. The Kier molecular flexibility index (Phi) is 7.36. The van der Waals surface area contributed by atoms with Crippen LogP contribution in [0.3, 0.4) is 0 Å². The van der Waals surface area contributed by atoms with Gasteiger partial charge in [0.2, 0.25) is 5.91 Å². The Morgan fingerprint density at radius 3 is 2.24 bits per heavy atom. The number of Topliss-reactive ketones (excluding diaryl/α,β-unsaturated/α-hetero) is 1. The smallest absolute Gasteiger partial charge is 0.222 e. The minimum absolute atomic E-state index is 0.0757. The second kappa shape index (κ2) is 10.2. The summed E-state index contributed by atoms with van der Waals surface area (Å²) in [4.78, 5) is 28.8. The van der Waals surface area contributed by atoms with Crippen molar-refractivity contribution in [3.63, 3.8) is 0 Å². The topological polar surface area (TPSA) is 49.9 Å². The van der Waals surface area contributed by atoms with Crippen LogP contribution in [0.5, 0.6) is 5.75 Å². The summed E-state index contributed by atoms with van der Waals surface area (Å²) in [6.07, 6.45) is 2.01. The normalized spacial score (nSPS) is 14.6. The molecule has 1 aliphatic rings. The van der Waals surface area contributed by atoms with Gasteiger partial charge in [-0.3, -0.25) is 14.5 Å². The van der Waals surface area contributed by atoms with Gasteiger partial charge >= 0.3 is 0 Å². The van der Waals surface area contributed by atoms with Gasteiger partial charge in [-0.2, -0.15) is 0 Å². The van der Waals surface area contributed by atoms with Crippen molar-refractivity contribution in [2.24, 2.45) is 0 Å². The maximum absolute atomic E-state index is 12.9. The summed E-state index contributed by atoms with van der Waals surface area (Å²) >= 11 is 0. The van der Waals surface area contributed by atoms with E-state index in [0.29, 0.717) is 44.7 Å². The molecule has 2 aromatic carbocycles. The average molecular weight is 398 g/mol. The summed E-state index contributed by atoms with van der Waals surface area (Å²) in [5.41, 5.74) is 1.71. The van der Waals surface area contributed by atoms with Crippen molar-refractivity contribution < 1.29 is 18.7 Å². The number of amides is 1. The number of methoxy groups -OCH3 is 1. The quantitative estimate of drug-likeness (QED) is 0.641. The van der Waals surface area contributed by atoms with Gasteiger partial charge in [0.05, 0.1) is 13.7 Å². The summed E-state index contributed by atoms with van der Waals surface area (Å²) in [5.74, 6) is 0.709. The number of piperazine rings is 1. The van der Waals surface area contributed by atoms with Crippen LogP contribution in [0.4, 0.5) is 4.39 Å². The van der Waals surface area contributed by atoms with Gasteiger partial charge in [0, 0.05) is 38.2 Å². The molecule has 1 heterocycles. The molecule has 5 nitrogen and oxygen atoms in total. The highest BCUT2D eigenvalue weighted by Crippen LogP contribution is 2.13. The van der Waals surface area contributed by atoms with E-state index in [1.807, 2.05) is 4.90 Å². The van der Waals surface area contributed by atoms with Crippen molar-refractivity contribution in [3.8, 4) is 5.75 Å². The molecule has 0 unspecified atom stereocenters. The number of ether oxygens (including phenoxy) is 1. The number of carbonyl (C=O) groups is 2. The predicted molar refractivity (Wildman–Crippen MR) is 110 cm³/mol. The third-order valence-corrected chi connectivity index (χ3v) is 5.27. The minimum atomic E-state index is -0.242. The number of aryl methyl sites for hydroxylation is 1. The maximum atomic E-state index is 12.9. The zero-order valence-electron chi connectivity index (χ0n) is 16.8. The molecule has 29 heavy (non-hydrogen) atoms. The Bertz CT molecular complexity index is 813. The molecule has 1 amide bonds. The maximum Gasteiger partial charge on any atom is 0.222 e. The summed E-state index contributed by atoms with van der Waals surface area (Å²) in [6, 6.07) is 13.6. The molecule has 1 saturated heterocycles. The number of rotatable bonds is 8. The second-order valence-electron chi connectivity index (χ2n) is 7.29. The lowest BCUT2D eigenvalue weighted by Gasteiger charge is -2.34. The first-order valence-corrected chi connectivity index (χ1v) is 9.97. The van der Waals surface area contributed by atoms with Gasteiger partial charge in [0.1, 0.15) is 11.6 Å². The average Bonchev–Trinajstić information content (AvgIpc) is 2.75. The van der Waals surface area contributed by atoms with E-state index >= 15 is 0 Å². The van der Waals surface area contributed by atoms with Gasteiger partial charge < -0.3 is 9.64 Å². The van der Waals surface area contributed by atoms with Crippen LogP contribution in [0, 0.1) is 5.82 Å². The van der Waals surface area contributed by atoms with Crippen molar-refractivity contribution in [1.82, 2.24) is 9.80 Å². The van der Waals surface area contributed by atoms with Crippen LogP contribution < -0.4 is 4.74 Å². The number of ketones is 1. The van der Waals surface area contributed by atoms with E-state index in [0.717, 1.165) is 24.2 Å². The van der Waals surface area contributed by atoms with E-state index < -0.39 is 0 Å². The number of hydrogen-bond acceptors (Lipinski definition) is 4. The van der Waals surface area contributed by atoms with Crippen molar-refractivity contribution >= 4 is 11.7 Å². The molecule has 0 bridgehead atoms. The highest BCUT2D eigenvalue weighted by molar-refractivity contribution is 5.97. The van der Waals surface area contributed by atoms with Crippen molar-refractivity contribution in [2.45, 2.75) is 19.3 Å². The van der Waals surface area contributed by atoms with E-state index in [1.165, 1.54) is 12.1 Å².